The van der Waals surface area contributed by atoms with Gasteiger partial charge in [0.05, 0.1) is 41.3 Å². The van der Waals surface area contributed by atoms with Crippen LogP contribution in [0.4, 0.5) is 0 Å². The van der Waals surface area contributed by atoms with E-state index < -0.39 is 41.3 Å². The zero-order valence-electron chi connectivity index (χ0n) is 41.7. The van der Waals surface area contributed by atoms with E-state index in [1.54, 1.807) is 26.8 Å². The largest absolute Gasteiger partial charge is 0.393 e. The summed E-state index contributed by atoms with van der Waals surface area (Å²) >= 11 is 0. The van der Waals surface area contributed by atoms with Crippen LogP contribution in [0.25, 0.3) is 0 Å². The first-order chi connectivity index (χ1) is 31.0. The second-order valence-corrected chi connectivity index (χ2v) is 23.0. The van der Waals surface area contributed by atoms with Gasteiger partial charge in [0.25, 0.3) is 0 Å². The van der Waals surface area contributed by atoms with Gasteiger partial charge in [-0.25, -0.2) is 0 Å². The van der Waals surface area contributed by atoms with E-state index in [0.29, 0.717) is 55.3 Å². The molecule has 8 heteroatoms. The maximum atomic E-state index is 12.6. The van der Waals surface area contributed by atoms with Crippen LogP contribution in [-0.2, 0) is 14.4 Å². The highest BCUT2D eigenvalue weighted by molar-refractivity contribution is 6.10. The SMILES string of the molecule is C=C1/C(=C\C=C2/CCC[C@]3(C)[C@@H]([C@@H](C)/C=C/C(=O)C(C)(C)C(C)=O)CC[C@@H]23)C[C@@H](O)C[C@@H]1O.C=C1/C(=C\C=C2/CCC[C@]3(C)[C@@H]([C@@H](C)/C=C/[C@@H](O)C4(C(C)=O)CC4)CC[C@@H]23)C[C@@H](O)C[C@@H]1O. The Morgan fingerprint density at radius 1 is 0.667 bits per heavy atom. The van der Waals surface area contributed by atoms with Gasteiger partial charge < -0.3 is 25.5 Å². The fraction of sp³-hybridized carbons (Fsp3) is 0.672. The van der Waals surface area contributed by atoms with Gasteiger partial charge in [-0.3, -0.25) is 14.4 Å². The number of aliphatic hydroxyl groups excluding tert-OH is 5. The highest BCUT2D eigenvalue weighted by Gasteiger charge is 2.54. The molecule has 0 saturated heterocycles. The van der Waals surface area contributed by atoms with Crippen LogP contribution in [-0.4, -0.2) is 73.4 Å². The number of carbonyl (C=O) groups is 3. The molecule has 0 unspecified atom stereocenters. The summed E-state index contributed by atoms with van der Waals surface area (Å²) in [6.45, 7) is 23.9. The van der Waals surface area contributed by atoms with Crippen LogP contribution in [0.15, 0.2) is 95.2 Å². The van der Waals surface area contributed by atoms with Gasteiger partial charge in [0.15, 0.2) is 5.78 Å². The van der Waals surface area contributed by atoms with Crippen molar-refractivity contribution in [3.8, 4) is 0 Å². The molecule has 0 radical (unpaired) electrons. The molecule has 0 aromatic rings. The number of hydrogen-bond acceptors (Lipinski definition) is 8. The fourth-order valence-electron chi connectivity index (χ4n) is 13.6. The molecule has 13 atom stereocenters. The summed E-state index contributed by atoms with van der Waals surface area (Å²) in [5.41, 5.74) is 5.31. The first kappa shape index (κ1) is 52.1. The Labute approximate surface area is 396 Å². The van der Waals surface area contributed by atoms with Crippen molar-refractivity contribution in [3.05, 3.63) is 95.2 Å². The average molecular weight is 909 g/mol. The fourth-order valence-corrected chi connectivity index (χ4v) is 13.6. The van der Waals surface area contributed by atoms with Crippen molar-refractivity contribution in [1.82, 2.24) is 0 Å². The Morgan fingerprint density at radius 3 is 1.52 bits per heavy atom. The lowest BCUT2D eigenvalue weighted by Gasteiger charge is -2.44. The summed E-state index contributed by atoms with van der Waals surface area (Å²) in [6, 6.07) is 0. The molecule has 7 aliphatic carbocycles. The summed E-state index contributed by atoms with van der Waals surface area (Å²) < 4.78 is 0. The standard InChI is InChI=1S/2C29H42O4/c1-18(7-12-27(33)29(14-15-29)20(3)30)24-10-11-25-21(6-5-13-28(24,25)4)8-9-22-16-23(31)17-26(32)19(22)2;1-18(9-14-27(33)28(4,5)20(3)30)24-12-13-25-21(8-7-15-29(24,25)6)10-11-22-16-23(31)17-26(32)19(22)2/h7-9,12,18,23-27,31-33H,2,5-6,10-11,13-17H2,1,3-4H3;9-11,14,18,23-26,31-32H,2,7-8,12-13,15-17H2,1,3-6H3/b12-7+,21-8+,22-9-;14-9+,21-10+,22-11-/t18-,23+,24+,25-,26-,27+,28+;18-,23+,24+,25-,26-,29+/m00/s1. The van der Waals surface area contributed by atoms with Crippen molar-refractivity contribution in [2.45, 2.75) is 189 Å². The van der Waals surface area contributed by atoms with Crippen LogP contribution in [0.2, 0.25) is 0 Å². The molecule has 0 aliphatic heterocycles. The van der Waals surface area contributed by atoms with Gasteiger partial charge in [0.2, 0.25) is 0 Å². The summed E-state index contributed by atoms with van der Waals surface area (Å²) in [4.78, 5) is 36.3. The van der Waals surface area contributed by atoms with Crippen LogP contribution in [0, 0.1) is 57.2 Å². The zero-order chi connectivity index (χ0) is 48.5. The smallest absolute Gasteiger partial charge is 0.168 e. The first-order valence-corrected chi connectivity index (χ1v) is 25.5. The topological polar surface area (TPSA) is 152 Å². The Bertz CT molecular complexity index is 2060. The third kappa shape index (κ3) is 10.8. The first-order valence-electron chi connectivity index (χ1n) is 25.5. The van der Waals surface area contributed by atoms with Crippen molar-refractivity contribution in [1.29, 1.82) is 0 Å². The van der Waals surface area contributed by atoms with E-state index in [9.17, 15) is 39.9 Å². The highest BCUT2D eigenvalue weighted by Crippen LogP contribution is 2.61. The monoisotopic (exact) mass is 909 g/mol. The van der Waals surface area contributed by atoms with E-state index in [0.717, 1.165) is 67.2 Å². The third-order valence-corrected chi connectivity index (χ3v) is 18.6. The number of ketones is 3. The van der Waals surface area contributed by atoms with Crippen LogP contribution in [0.1, 0.15) is 158 Å². The number of aliphatic hydroxyl groups is 5. The molecular weight excluding hydrogens is 825 g/mol. The van der Waals surface area contributed by atoms with Gasteiger partial charge in [-0.2, -0.15) is 0 Å². The maximum absolute atomic E-state index is 12.6. The van der Waals surface area contributed by atoms with Gasteiger partial charge in [-0.1, -0.05) is 94.5 Å². The Balaban J connectivity index is 0.000000218. The molecule has 7 aliphatic rings. The lowest BCUT2D eigenvalue weighted by atomic mass is 9.61. The van der Waals surface area contributed by atoms with E-state index in [-0.39, 0.29) is 34.1 Å². The summed E-state index contributed by atoms with van der Waals surface area (Å²) in [7, 11) is 0. The predicted octanol–water partition coefficient (Wildman–Crippen LogP) is 10.6. The zero-order valence-corrected chi connectivity index (χ0v) is 41.7. The van der Waals surface area contributed by atoms with Crippen LogP contribution in [0.3, 0.4) is 0 Å². The average Bonchev–Trinajstić information content (AvgIpc) is 3.89. The molecule has 0 spiro atoms. The van der Waals surface area contributed by atoms with Crippen molar-refractivity contribution in [2.75, 3.05) is 0 Å². The van der Waals surface area contributed by atoms with Gasteiger partial charge in [-0.05, 0) is 192 Å². The molecule has 0 amide bonds. The number of Topliss-reactive ketones (excluding diaryl/α,β-unsaturated/α-hetero) is 2. The second-order valence-electron chi connectivity index (χ2n) is 23.0. The summed E-state index contributed by atoms with van der Waals surface area (Å²) in [6.07, 6.45) is 28.5. The molecule has 8 nitrogen and oxygen atoms in total. The van der Waals surface area contributed by atoms with E-state index in [4.69, 9.17) is 0 Å². The van der Waals surface area contributed by atoms with E-state index >= 15 is 0 Å². The van der Waals surface area contributed by atoms with E-state index in [1.165, 1.54) is 50.2 Å². The molecule has 7 rings (SSSR count). The van der Waals surface area contributed by atoms with Gasteiger partial charge in [-0.15, -0.1) is 0 Å². The van der Waals surface area contributed by atoms with E-state index in [1.807, 2.05) is 12.2 Å². The lowest BCUT2D eigenvalue weighted by Crippen LogP contribution is -2.35. The summed E-state index contributed by atoms with van der Waals surface area (Å²) in [5, 5.41) is 51.0. The van der Waals surface area contributed by atoms with Crippen LogP contribution >= 0.6 is 0 Å². The Morgan fingerprint density at radius 2 is 1.11 bits per heavy atom. The molecule has 0 aromatic carbocycles. The van der Waals surface area contributed by atoms with Crippen molar-refractivity contribution in [3.63, 3.8) is 0 Å². The molecule has 0 heterocycles. The number of fused-ring (bicyclic) bond motifs is 2. The van der Waals surface area contributed by atoms with Crippen molar-refractivity contribution < 1.29 is 39.9 Å². The van der Waals surface area contributed by atoms with Crippen LogP contribution in [0.5, 0.6) is 0 Å². The molecule has 5 N–H and O–H groups in total. The minimum Gasteiger partial charge on any atom is -0.393 e. The van der Waals surface area contributed by atoms with Crippen molar-refractivity contribution >= 4 is 17.3 Å². The molecule has 7 saturated carbocycles. The number of rotatable bonds is 12. The van der Waals surface area contributed by atoms with Crippen molar-refractivity contribution in [2.24, 2.45) is 57.2 Å². The highest BCUT2D eigenvalue weighted by atomic mass is 16.3. The van der Waals surface area contributed by atoms with Gasteiger partial charge in [0, 0.05) is 12.8 Å². The van der Waals surface area contributed by atoms with Gasteiger partial charge in [0.1, 0.15) is 11.6 Å². The maximum Gasteiger partial charge on any atom is 0.168 e. The molecule has 7 fully saturated rings. The van der Waals surface area contributed by atoms with Crippen LogP contribution < -0.4 is 0 Å². The normalized spacial score (nSPS) is 38.3. The molecular formula is C58H84O8. The molecule has 0 bridgehead atoms. The Hall–Kier alpha value is -3.27. The van der Waals surface area contributed by atoms with E-state index in [2.05, 4.69) is 71.2 Å². The second kappa shape index (κ2) is 20.8. The third-order valence-electron chi connectivity index (χ3n) is 18.6. The number of carbonyl (C=O) groups excluding carboxylic acids is 3. The molecule has 66 heavy (non-hydrogen) atoms. The Kier molecular flexibility index (Phi) is 16.4. The molecule has 0 aromatic heterocycles. The predicted molar refractivity (Wildman–Crippen MR) is 264 cm³/mol. The summed E-state index contributed by atoms with van der Waals surface area (Å²) in [5.74, 6) is 2.64. The quantitative estimate of drug-likeness (QED) is 0.0737. The van der Waals surface area contributed by atoms with Gasteiger partial charge >= 0.3 is 0 Å². The minimum atomic E-state index is -0.961. The minimum absolute atomic E-state index is 0.102. The molecule has 364 valence electrons. The number of allylic oxidation sites excluding steroid dienone is 9. The number of hydrogen-bond donors (Lipinski definition) is 5. The lowest BCUT2D eigenvalue weighted by molar-refractivity contribution is -0.134.